The van der Waals surface area contributed by atoms with E-state index in [1.165, 1.54) is 11.1 Å². The van der Waals surface area contributed by atoms with Crippen LogP contribution in [0.3, 0.4) is 0 Å². The fraction of sp³-hybridized carbons (Fsp3) is 0.647. The van der Waals surface area contributed by atoms with E-state index in [1.807, 2.05) is 7.05 Å². The lowest BCUT2D eigenvalue weighted by Crippen LogP contribution is -2.24. The van der Waals surface area contributed by atoms with Gasteiger partial charge in [-0.1, -0.05) is 17.7 Å². The van der Waals surface area contributed by atoms with Crippen LogP contribution in [0.5, 0.6) is 5.75 Å². The zero-order valence-electron chi connectivity index (χ0n) is 13.3. The van der Waals surface area contributed by atoms with Crippen molar-refractivity contribution in [3.05, 3.63) is 29.3 Å². The van der Waals surface area contributed by atoms with Crippen molar-refractivity contribution in [1.82, 2.24) is 5.32 Å². The maximum Gasteiger partial charge on any atom is 0.124 e. The van der Waals surface area contributed by atoms with Crippen LogP contribution in [-0.4, -0.2) is 25.4 Å². The smallest absolute Gasteiger partial charge is 0.124 e. The molecule has 2 unspecified atom stereocenters. The molecule has 1 fully saturated rings. The number of benzene rings is 1. The Hall–Kier alpha value is -1.06. The van der Waals surface area contributed by atoms with Gasteiger partial charge in [0.15, 0.2) is 0 Å². The van der Waals surface area contributed by atoms with Crippen LogP contribution >= 0.6 is 0 Å². The highest BCUT2D eigenvalue weighted by molar-refractivity contribution is 5.39. The van der Waals surface area contributed by atoms with E-state index < -0.39 is 0 Å². The first kappa shape index (κ1) is 15.3. The summed E-state index contributed by atoms with van der Waals surface area (Å²) >= 11 is 0. The average Bonchev–Trinajstić information content (AvgIpc) is 2.76. The Bertz CT molecular complexity index is 456. The van der Waals surface area contributed by atoms with Crippen molar-refractivity contribution in [2.75, 3.05) is 13.7 Å². The zero-order valence-corrected chi connectivity index (χ0v) is 13.3. The summed E-state index contributed by atoms with van der Waals surface area (Å²) in [6.07, 6.45) is 2.40. The highest BCUT2D eigenvalue weighted by Crippen LogP contribution is 2.31. The van der Waals surface area contributed by atoms with Crippen LogP contribution in [0.25, 0.3) is 0 Å². The van der Waals surface area contributed by atoms with Crippen LogP contribution in [0.2, 0.25) is 0 Å². The SMILES string of the molecule is CNC(C)c1cc(C)ccc1OCC1CCC(C)(C)O1. The second-order valence-corrected chi connectivity index (χ2v) is 6.40. The van der Waals surface area contributed by atoms with Gasteiger partial charge in [0, 0.05) is 11.6 Å². The molecule has 1 aromatic rings. The maximum absolute atomic E-state index is 6.03. The third-order valence-corrected chi connectivity index (χ3v) is 4.04. The molecule has 1 aliphatic heterocycles. The summed E-state index contributed by atoms with van der Waals surface area (Å²) in [6.45, 7) is 9.19. The molecule has 0 radical (unpaired) electrons. The first-order valence-electron chi connectivity index (χ1n) is 7.50. The number of rotatable bonds is 5. The number of ether oxygens (including phenoxy) is 2. The summed E-state index contributed by atoms with van der Waals surface area (Å²) in [5.41, 5.74) is 2.47. The van der Waals surface area contributed by atoms with Crippen molar-refractivity contribution in [2.45, 2.75) is 58.3 Å². The number of hydrogen-bond donors (Lipinski definition) is 1. The van der Waals surface area contributed by atoms with Gasteiger partial charge < -0.3 is 14.8 Å². The van der Waals surface area contributed by atoms with Gasteiger partial charge in [0.25, 0.3) is 0 Å². The van der Waals surface area contributed by atoms with Crippen LogP contribution in [0, 0.1) is 6.92 Å². The van der Waals surface area contributed by atoms with Gasteiger partial charge in [-0.3, -0.25) is 0 Å². The van der Waals surface area contributed by atoms with Crippen LogP contribution in [0.1, 0.15) is 50.8 Å². The molecule has 112 valence electrons. The molecule has 2 atom stereocenters. The lowest BCUT2D eigenvalue weighted by atomic mass is 10.0. The van der Waals surface area contributed by atoms with Crippen LogP contribution in [-0.2, 0) is 4.74 Å². The second kappa shape index (κ2) is 6.15. The van der Waals surface area contributed by atoms with Gasteiger partial charge in [-0.25, -0.2) is 0 Å². The molecule has 0 aromatic heterocycles. The highest BCUT2D eigenvalue weighted by atomic mass is 16.6. The molecule has 1 heterocycles. The molecule has 0 spiro atoms. The fourth-order valence-electron chi connectivity index (χ4n) is 2.67. The van der Waals surface area contributed by atoms with Crippen molar-refractivity contribution in [1.29, 1.82) is 0 Å². The van der Waals surface area contributed by atoms with Gasteiger partial charge >= 0.3 is 0 Å². The Morgan fingerprint density at radius 1 is 1.45 bits per heavy atom. The van der Waals surface area contributed by atoms with Crippen LogP contribution in [0.15, 0.2) is 18.2 Å². The van der Waals surface area contributed by atoms with Crippen molar-refractivity contribution < 1.29 is 9.47 Å². The second-order valence-electron chi connectivity index (χ2n) is 6.40. The monoisotopic (exact) mass is 277 g/mol. The third-order valence-electron chi connectivity index (χ3n) is 4.04. The highest BCUT2D eigenvalue weighted by Gasteiger charge is 2.32. The molecule has 0 bridgehead atoms. The molecule has 3 nitrogen and oxygen atoms in total. The van der Waals surface area contributed by atoms with Gasteiger partial charge in [-0.2, -0.15) is 0 Å². The first-order chi connectivity index (χ1) is 9.41. The normalized spacial score (nSPS) is 22.8. The van der Waals surface area contributed by atoms with E-state index in [-0.39, 0.29) is 17.7 Å². The number of hydrogen-bond acceptors (Lipinski definition) is 3. The van der Waals surface area contributed by atoms with E-state index in [4.69, 9.17) is 9.47 Å². The van der Waals surface area contributed by atoms with E-state index in [2.05, 4.69) is 51.2 Å². The fourth-order valence-corrected chi connectivity index (χ4v) is 2.67. The lowest BCUT2D eigenvalue weighted by molar-refractivity contribution is -0.0328. The first-order valence-corrected chi connectivity index (χ1v) is 7.50. The summed E-state index contributed by atoms with van der Waals surface area (Å²) in [7, 11) is 1.97. The molecule has 1 aromatic carbocycles. The minimum Gasteiger partial charge on any atom is -0.491 e. The minimum atomic E-state index is 0.00238. The van der Waals surface area contributed by atoms with Gasteiger partial charge in [0.05, 0.1) is 11.7 Å². The van der Waals surface area contributed by atoms with E-state index in [0.29, 0.717) is 6.61 Å². The Morgan fingerprint density at radius 3 is 2.80 bits per heavy atom. The van der Waals surface area contributed by atoms with E-state index in [9.17, 15) is 0 Å². The summed E-state index contributed by atoms with van der Waals surface area (Å²) in [5, 5.41) is 3.28. The number of aryl methyl sites for hydroxylation is 1. The summed E-state index contributed by atoms with van der Waals surface area (Å²) in [5.74, 6) is 0.964. The van der Waals surface area contributed by atoms with Crippen molar-refractivity contribution in [3.8, 4) is 5.75 Å². The van der Waals surface area contributed by atoms with Gasteiger partial charge in [0.2, 0.25) is 0 Å². The largest absolute Gasteiger partial charge is 0.491 e. The van der Waals surface area contributed by atoms with Crippen LogP contribution < -0.4 is 10.1 Å². The molecule has 0 aliphatic carbocycles. The zero-order chi connectivity index (χ0) is 14.8. The Labute approximate surface area is 122 Å². The average molecular weight is 277 g/mol. The quantitative estimate of drug-likeness (QED) is 0.892. The van der Waals surface area contributed by atoms with Crippen molar-refractivity contribution in [2.24, 2.45) is 0 Å². The van der Waals surface area contributed by atoms with Crippen molar-refractivity contribution >= 4 is 0 Å². The summed E-state index contributed by atoms with van der Waals surface area (Å²) in [6, 6.07) is 6.64. The standard InChI is InChI=1S/C17H27NO2/c1-12-6-7-16(15(10-12)13(2)18-5)19-11-14-8-9-17(3,4)20-14/h6-7,10,13-14,18H,8-9,11H2,1-5H3. The van der Waals surface area contributed by atoms with E-state index >= 15 is 0 Å². The van der Waals surface area contributed by atoms with E-state index in [1.54, 1.807) is 0 Å². The summed E-state index contributed by atoms with van der Waals surface area (Å²) < 4.78 is 12.0. The lowest BCUT2D eigenvalue weighted by Gasteiger charge is -2.21. The third kappa shape index (κ3) is 3.74. The predicted molar refractivity (Wildman–Crippen MR) is 82.3 cm³/mol. The molecule has 0 amide bonds. The van der Waals surface area contributed by atoms with Crippen LogP contribution in [0.4, 0.5) is 0 Å². The molecule has 20 heavy (non-hydrogen) atoms. The molecular formula is C17H27NO2. The minimum absolute atomic E-state index is 0.00238. The Morgan fingerprint density at radius 2 is 2.20 bits per heavy atom. The topological polar surface area (TPSA) is 30.5 Å². The van der Waals surface area contributed by atoms with E-state index in [0.717, 1.165) is 18.6 Å². The molecule has 2 rings (SSSR count). The molecular weight excluding hydrogens is 250 g/mol. The molecule has 1 saturated heterocycles. The Kier molecular flexibility index (Phi) is 4.71. The number of nitrogens with one attached hydrogen (secondary N) is 1. The molecule has 1 N–H and O–H groups in total. The summed E-state index contributed by atoms with van der Waals surface area (Å²) in [4.78, 5) is 0. The van der Waals surface area contributed by atoms with Gasteiger partial charge in [-0.15, -0.1) is 0 Å². The molecule has 3 heteroatoms. The van der Waals surface area contributed by atoms with Crippen molar-refractivity contribution in [3.63, 3.8) is 0 Å². The predicted octanol–water partition coefficient (Wildman–Crippen LogP) is 3.61. The Balaban J connectivity index is 2.02. The van der Waals surface area contributed by atoms with Gasteiger partial charge in [-0.05, 0) is 53.7 Å². The molecule has 1 aliphatic rings. The van der Waals surface area contributed by atoms with Gasteiger partial charge in [0.1, 0.15) is 12.4 Å². The molecule has 0 saturated carbocycles. The maximum atomic E-state index is 6.03.